The zero-order valence-corrected chi connectivity index (χ0v) is 14.8. The summed E-state index contributed by atoms with van der Waals surface area (Å²) in [5.74, 6) is -1.96. The molecule has 144 valence electrons. The molecule has 0 unspecified atom stereocenters. The average molecular weight is 394 g/mol. The van der Waals surface area contributed by atoms with Crippen molar-refractivity contribution in [3.63, 3.8) is 0 Å². The van der Waals surface area contributed by atoms with E-state index in [2.05, 4.69) is 4.74 Å². The van der Waals surface area contributed by atoms with Gasteiger partial charge in [-0.1, -0.05) is 0 Å². The van der Waals surface area contributed by atoms with Gasteiger partial charge in [0.15, 0.2) is 6.61 Å². The van der Waals surface area contributed by atoms with Crippen molar-refractivity contribution < 1.29 is 35.9 Å². The fraction of sp³-hybridized carbons (Fsp3) is 0.467. The lowest BCUT2D eigenvalue weighted by molar-refractivity contribution is -0.140. The predicted octanol–water partition coefficient (Wildman–Crippen LogP) is 1.23. The molecule has 1 aromatic rings. The van der Waals surface area contributed by atoms with Crippen molar-refractivity contribution in [1.82, 2.24) is 5.32 Å². The van der Waals surface area contributed by atoms with Crippen LogP contribution in [0.25, 0.3) is 0 Å². The summed E-state index contributed by atoms with van der Waals surface area (Å²) in [7, 11) is -3.47. The summed E-state index contributed by atoms with van der Waals surface area (Å²) in [6.07, 6.45) is -3.07. The van der Waals surface area contributed by atoms with E-state index in [0.717, 1.165) is 6.26 Å². The van der Waals surface area contributed by atoms with Gasteiger partial charge in [-0.15, -0.1) is 0 Å². The van der Waals surface area contributed by atoms with Gasteiger partial charge < -0.3 is 10.1 Å². The molecule has 26 heavy (non-hydrogen) atoms. The van der Waals surface area contributed by atoms with Crippen molar-refractivity contribution in [2.45, 2.75) is 25.6 Å². The van der Waals surface area contributed by atoms with Gasteiger partial charge in [0.1, 0.15) is 6.54 Å². The topological polar surface area (TPSA) is 92.8 Å². The van der Waals surface area contributed by atoms with Gasteiger partial charge in [-0.25, -0.2) is 13.2 Å². The molecule has 0 saturated carbocycles. The summed E-state index contributed by atoms with van der Waals surface area (Å²) in [5, 5.41) is 1.58. The zero-order valence-electron chi connectivity index (χ0n) is 14.0. The molecule has 1 aromatic carbocycles. The van der Waals surface area contributed by atoms with Crippen LogP contribution in [0.3, 0.4) is 0 Å². The lowest BCUT2D eigenvalue weighted by atomic mass is 10.1. The van der Waals surface area contributed by atoms with Crippen molar-refractivity contribution >= 4 is 27.6 Å². The van der Waals surface area contributed by atoms with Gasteiger partial charge in [-0.05, 0) is 37.1 Å². The second-order valence-corrected chi connectivity index (χ2v) is 7.78. The van der Waals surface area contributed by atoms with Gasteiger partial charge in [0, 0.05) is 6.04 Å². The highest BCUT2D eigenvalue weighted by atomic mass is 32.2. The van der Waals surface area contributed by atoms with Gasteiger partial charge >= 0.3 is 12.1 Å². The summed E-state index contributed by atoms with van der Waals surface area (Å²) in [4.78, 5) is 23.2. The van der Waals surface area contributed by atoms with Crippen LogP contribution in [0.15, 0.2) is 18.2 Å². The highest BCUT2D eigenvalue weighted by molar-refractivity contribution is 7.92. The van der Waals surface area contributed by atoms with Crippen molar-refractivity contribution in [3.05, 3.63) is 29.3 Å². The van der Waals surface area contributed by atoms with E-state index in [0.29, 0.717) is 17.7 Å². The molecule has 0 spiro atoms. The molecule has 1 heterocycles. The number of nitrogens with zero attached hydrogens (tertiary/aromatic N) is 1. The van der Waals surface area contributed by atoms with Crippen LogP contribution in [0.4, 0.5) is 18.9 Å². The van der Waals surface area contributed by atoms with E-state index in [-0.39, 0.29) is 11.6 Å². The number of nitrogens with one attached hydrogen (secondary N) is 1. The molecule has 0 bridgehead atoms. The van der Waals surface area contributed by atoms with Gasteiger partial charge in [0.05, 0.1) is 17.5 Å². The van der Waals surface area contributed by atoms with E-state index >= 15 is 0 Å². The molecule has 0 saturated heterocycles. The molecule has 1 aliphatic rings. The van der Waals surface area contributed by atoms with E-state index in [1.54, 1.807) is 12.2 Å². The summed E-state index contributed by atoms with van der Waals surface area (Å²) < 4.78 is 65.6. The second-order valence-electron chi connectivity index (χ2n) is 5.92. The number of carbonyl (C=O) groups is 2. The Morgan fingerprint density at radius 3 is 2.58 bits per heavy atom. The Bertz CT molecular complexity index is 823. The standard InChI is InChI=1S/C15H17F3N2O5S/c1-9-5-11-6-10(3-4-12(11)20(9)26(2,23)24)14(22)25-7-13(21)19-8-15(16,17)18/h3-4,6,9H,5,7-8H2,1-2H3,(H,19,21)/t9-/m0/s1. The Labute approximate surface area is 148 Å². The summed E-state index contributed by atoms with van der Waals surface area (Å²) in [5.41, 5.74) is 1.16. The number of rotatable bonds is 5. The van der Waals surface area contributed by atoms with E-state index in [9.17, 15) is 31.2 Å². The van der Waals surface area contributed by atoms with Crippen LogP contribution in [0.5, 0.6) is 0 Å². The number of halogens is 3. The molecule has 1 N–H and O–H groups in total. The third-order valence-corrected chi connectivity index (χ3v) is 4.92. The number of sulfonamides is 1. The predicted molar refractivity (Wildman–Crippen MR) is 86.3 cm³/mol. The number of fused-ring (bicyclic) bond motifs is 1. The van der Waals surface area contributed by atoms with Crippen molar-refractivity contribution in [2.75, 3.05) is 23.7 Å². The molecule has 0 radical (unpaired) electrons. The Morgan fingerprint density at radius 2 is 2.00 bits per heavy atom. The summed E-state index contributed by atoms with van der Waals surface area (Å²) in [6.45, 7) is -0.636. The highest BCUT2D eigenvalue weighted by Crippen LogP contribution is 2.34. The molecule has 2 rings (SSSR count). The van der Waals surface area contributed by atoms with Crippen LogP contribution in [-0.4, -0.2) is 51.9 Å². The number of hydrogen-bond acceptors (Lipinski definition) is 5. The number of amides is 1. The van der Waals surface area contributed by atoms with Crippen molar-refractivity contribution in [3.8, 4) is 0 Å². The van der Waals surface area contributed by atoms with E-state index in [1.165, 1.54) is 22.5 Å². The maximum atomic E-state index is 12.0. The number of esters is 1. The van der Waals surface area contributed by atoms with Crippen LogP contribution < -0.4 is 9.62 Å². The minimum absolute atomic E-state index is 0.0786. The number of anilines is 1. The largest absolute Gasteiger partial charge is 0.452 e. The molecule has 11 heteroatoms. The Hall–Kier alpha value is -2.30. The fourth-order valence-electron chi connectivity index (χ4n) is 2.70. The lowest BCUT2D eigenvalue weighted by Gasteiger charge is -2.21. The number of ether oxygens (including phenoxy) is 1. The second kappa shape index (κ2) is 7.14. The quantitative estimate of drug-likeness (QED) is 0.759. The molecule has 1 aliphatic heterocycles. The van der Waals surface area contributed by atoms with E-state index in [4.69, 9.17) is 0 Å². The molecule has 0 fully saturated rings. The molecular formula is C15H17F3N2O5S. The SMILES string of the molecule is C[C@H]1Cc2cc(C(=O)OCC(=O)NCC(F)(F)F)ccc2N1S(C)(=O)=O. The maximum absolute atomic E-state index is 12.0. The average Bonchev–Trinajstić information content (AvgIpc) is 2.84. The van der Waals surface area contributed by atoms with E-state index < -0.39 is 41.2 Å². The number of alkyl halides is 3. The Kier molecular flexibility index (Phi) is 5.49. The Morgan fingerprint density at radius 1 is 1.35 bits per heavy atom. The number of benzene rings is 1. The molecule has 1 amide bonds. The first-order valence-corrected chi connectivity index (χ1v) is 9.36. The van der Waals surface area contributed by atoms with Crippen LogP contribution in [0.1, 0.15) is 22.8 Å². The summed E-state index contributed by atoms with van der Waals surface area (Å²) >= 11 is 0. The van der Waals surface area contributed by atoms with Gasteiger partial charge in [-0.3, -0.25) is 9.10 Å². The van der Waals surface area contributed by atoms with Crippen LogP contribution in [-0.2, 0) is 26.0 Å². The molecule has 0 aliphatic carbocycles. The molecule has 0 aromatic heterocycles. The summed E-state index contributed by atoms with van der Waals surface area (Å²) in [6, 6.07) is 3.94. The monoisotopic (exact) mass is 394 g/mol. The third kappa shape index (κ3) is 4.87. The first-order chi connectivity index (χ1) is 11.9. The van der Waals surface area contributed by atoms with Gasteiger partial charge in [-0.2, -0.15) is 13.2 Å². The van der Waals surface area contributed by atoms with Crippen LogP contribution >= 0.6 is 0 Å². The highest BCUT2D eigenvalue weighted by Gasteiger charge is 2.33. The first kappa shape index (κ1) is 20.0. The molecule has 7 nitrogen and oxygen atoms in total. The van der Waals surface area contributed by atoms with Crippen molar-refractivity contribution in [2.24, 2.45) is 0 Å². The van der Waals surface area contributed by atoms with Crippen LogP contribution in [0.2, 0.25) is 0 Å². The number of carbonyl (C=O) groups excluding carboxylic acids is 2. The maximum Gasteiger partial charge on any atom is 0.405 e. The minimum atomic E-state index is -4.55. The van der Waals surface area contributed by atoms with Crippen molar-refractivity contribution in [1.29, 1.82) is 0 Å². The van der Waals surface area contributed by atoms with Crippen LogP contribution in [0, 0.1) is 0 Å². The molecule has 1 atom stereocenters. The third-order valence-electron chi connectivity index (χ3n) is 3.65. The minimum Gasteiger partial charge on any atom is -0.452 e. The smallest absolute Gasteiger partial charge is 0.405 e. The first-order valence-electron chi connectivity index (χ1n) is 7.51. The van der Waals surface area contributed by atoms with Gasteiger partial charge in [0.25, 0.3) is 5.91 Å². The molecular weight excluding hydrogens is 377 g/mol. The lowest BCUT2D eigenvalue weighted by Crippen LogP contribution is -2.36. The zero-order chi connectivity index (χ0) is 19.7. The number of hydrogen-bond donors (Lipinski definition) is 1. The van der Waals surface area contributed by atoms with E-state index in [1.807, 2.05) is 0 Å². The van der Waals surface area contributed by atoms with Gasteiger partial charge in [0.2, 0.25) is 10.0 Å². The Balaban J connectivity index is 2.02. The normalized spacial score (nSPS) is 17.0. The fourth-order valence-corrected chi connectivity index (χ4v) is 3.96.